The summed E-state index contributed by atoms with van der Waals surface area (Å²) in [7, 11) is 1.24. The summed E-state index contributed by atoms with van der Waals surface area (Å²) in [6, 6.07) is -0.970. The monoisotopic (exact) mass is 297 g/mol. The Morgan fingerprint density at radius 3 is 2.71 bits per heavy atom. The van der Waals surface area contributed by atoms with Crippen LogP contribution in [0.2, 0.25) is 0 Å². The van der Waals surface area contributed by atoms with E-state index in [1.165, 1.54) is 7.11 Å². The van der Waals surface area contributed by atoms with E-state index < -0.39 is 23.5 Å². The lowest BCUT2D eigenvalue weighted by Crippen LogP contribution is -2.48. The molecule has 118 valence electrons. The average molecular weight is 297 g/mol. The van der Waals surface area contributed by atoms with Crippen molar-refractivity contribution < 1.29 is 23.9 Å². The first-order valence-corrected chi connectivity index (χ1v) is 7.07. The highest BCUT2D eigenvalue weighted by Crippen LogP contribution is 2.38. The molecule has 2 atom stereocenters. The number of esters is 1. The number of allylic oxidation sites excluding steroid dienone is 1. The molecule has 0 bridgehead atoms. The number of nitrogens with zero attached hydrogens (tertiary/aromatic N) is 1. The number of carbonyl (C=O) groups excluding carboxylic acids is 3. The zero-order valence-corrected chi connectivity index (χ0v) is 12.9. The lowest BCUT2D eigenvalue weighted by Gasteiger charge is -2.30. The van der Waals surface area contributed by atoms with Gasteiger partial charge in [-0.2, -0.15) is 0 Å². The lowest BCUT2D eigenvalue weighted by molar-refractivity contribution is -0.150. The summed E-state index contributed by atoms with van der Waals surface area (Å²) in [5, 5.41) is 0. The Morgan fingerprint density at radius 1 is 1.52 bits per heavy atom. The molecule has 1 heterocycles. The fraction of sp³-hybridized carbons (Fsp3) is 0.667. The van der Waals surface area contributed by atoms with E-state index in [0.29, 0.717) is 6.42 Å². The zero-order chi connectivity index (χ0) is 16.0. The maximum absolute atomic E-state index is 12.3. The Kier molecular flexibility index (Phi) is 5.93. The van der Waals surface area contributed by atoms with E-state index in [0.717, 1.165) is 17.7 Å². The Bertz CT molecular complexity index is 434. The van der Waals surface area contributed by atoms with Crippen molar-refractivity contribution in [3.05, 3.63) is 12.7 Å². The van der Waals surface area contributed by atoms with Crippen LogP contribution in [0.5, 0.6) is 0 Å². The second-order valence-electron chi connectivity index (χ2n) is 5.35. The van der Waals surface area contributed by atoms with Crippen molar-refractivity contribution in [2.75, 3.05) is 20.3 Å². The van der Waals surface area contributed by atoms with Crippen LogP contribution in [0.15, 0.2) is 12.7 Å². The van der Waals surface area contributed by atoms with Gasteiger partial charge in [0.15, 0.2) is 5.78 Å². The molecule has 1 amide bonds. The van der Waals surface area contributed by atoms with E-state index in [-0.39, 0.29) is 18.9 Å². The molecule has 6 nitrogen and oxygen atoms in total. The van der Waals surface area contributed by atoms with Gasteiger partial charge in [-0.25, -0.2) is 9.59 Å². The molecule has 1 aliphatic rings. The van der Waals surface area contributed by atoms with E-state index in [9.17, 15) is 14.4 Å². The van der Waals surface area contributed by atoms with Crippen LogP contribution < -0.4 is 0 Å². The molecule has 1 aliphatic heterocycles. The minimum atomic E-state index is -1.02. The Morgan fingerprint density at radius 2 is 2.19 bits per heavy atom. The van der Waals surface area contributed by atoms with Crippen LogP contribution >= 0.6 is 0 Å². The number of rotatable bonds is 6. The van der Waals surface area contributed by atoms with Crippen LogP contribution in [-0.4, -0.2) is 49.0 Å². The average Bonchev–Trinajstić information content (AvgIpc) is 2.71. The summed E-state index contributed by atoms with van der Waals surface area (Å²) in [6.07, 6.45) is 2.84. The number of amides is 1. The molecule has 1 saturated heterocycles. The van der Waals surface area contributed by atoms with Gasteiger partial charge in [-0.1, -0.05) is 19.4 Å². The highest BCUT2D eigenvalue weighted by molar-refractivity contribution is 6.00. The topological polar surface area (TPSA) is 72.9 Å². The van der Waals surface area contributed by atoms with Crippen LogP contribution in [0.3, 0.4) is 0 Å². The molecule has 1 rings (SSSR count). The van der Waals surface area contributed by atoms with Crippen LogP contribution in [0, 0.1) is 5.41 Å². The molecule has 0 aromatic rings. The first-order chi connectivity index (χ1) is 9.92. The van der Waals surface area contributed by atoms with Crippen LogP contribution in [0.25, 0.3) is 0 Å². The van der Waals surface area contributed by atoms with Gasteiger partial charge < -0.3 is 9.47 Å². The molecule has 0 aromatic heterocycles. The number of carbonyl (C=O) groups is 3. The third kappa shape index (κ3) is 3.43. The van der Waals surface area contributed by atoms with Crippen molar-refractivity contribution in [3.8, 4) is 0 Å². The molecule has 0 N–H and O–H groups in total. The number of hydrogen-bond donors (Lipinski definition) is 0. The second-order valence-corrected chi connectivity index (χ2v) is 5.35. The van der Waals surface area contributed by atoms with Gasteiger partial charge in [-0.05, 0) is 19.8 Å². The number of ketones is 1. The van der Waals surface area contributed by atoms with Crippen molar-refractivity contribution >= 4 is 17.8 Å². The van der Waals surface area contributed by atoms with Crippen molar-refractivity contribution in [1.82, 2.24) is 4.90 Å². The molecule has 0 spiro atoms. The minimum absolute atomic E-state index is 0.144. The standard InChI is InChI=1S/C15H23NO5/c1-5-7-9-21-14(19)16-10-11(17)15(3,8-6-2)12(16)13(18)20-4/h6,12H,2,5,7-10H2,1,3-4H3. The lowest BCUT2D eigenvalue weighted by atomic mass is 9.78. The van der Waals surface area contributed by atoms with Crippen LogP contribution in [-0.2, 0) is 19.1 Å². The van der Waals surface area contributed by atoms with Crippen molar-refractivity contribution in [2.24, 2.45) is 5.41 Å². The van der Waals surface area contributed by atoms with Crippen LogP contribution in [0.4, 0.5) is 4.79 Å². The summed E-state index contributed by atoms with van der Waals surface area (Å²) >= 11 is 0. The normalized spacial score (nSPS) is 24.8. The zero-order valence-electron chi connectivity index (χ0n) is 12.9. The van der Waals surface area contributed by atoms with E-state index in [2.05, 4.69) is 6.58 Å². The Balaban J connectivity index is 2.97. The highest BCUT2D eigenvalue weighted by Gasteiger charge is 2.56. The third-order valence-electron chi connectivity index (χ3n) is 3.82. The smallest absolute Gasteiger partial charge is 0.410 e. The molecule has 21 heavy (non-hydrogen) atoms. The van der Waals surface area contributed by atoms with Crippen LogP contribution in [0.1, 0.15) is 33.1 Å². The molecule has 1 fully saturated rings. The summed E-state index contributed by atoms with van der Waals surface area (Å²) < 4.78 is 9.87. The minimum Gasteiger partial charge on any atom is -0.467 e. The van der Waals surface area contributed by atoms with Gasteiger partial charge in [0.2, 0.25) is 0 Å². The number of ether oxygens (including phenoxy) is 2. The van der Waals surface area contributed by atoms with Crippen molar-refractivity contribution in [1.29, 1.82) is 0 Å². The highest BCUT2D eigenvalue weighted by atomic mass is 16.6. The molecule has 0 saturated carbocycles. The van der Waals surface area contributed by atoms with Gasteiger partial charge in [0.25, 0.3) is 0 Å². The number of hydrogen-bond acceptors (Lipinski definition) is 5. The van der Waals surface area contributed by atoms with Gasteiger partial charge in [0.1, 0.15) is 6.04 Å². The summed E-state index contributed by atoms with van der Waals surface area (Å²) in [5.74, 6) is -0.803. The number of methoxy groups -OCH3 is 1. The second kappa shape index (κ2) is 7.24. The third-order valence-corrected chi connectivity index (χ3v) is 3.82. The van der Waals surface area contributed by atoms with E-state index in [1.807, 2.05) is 6.92 Å². The van der Waals surface area contributed by atoms with Gasteiger partial charge in [0, 0.05) is 0 Å². The number of unbranched alkanes of at least 4 members (excludes halogenated alkanes) is 1. The molecular formula is C15H23NO5. The van der Waals surface area contributed by atoms with E-state index in [4.69, 9.17) is 9.47 Å². The molecule has 0 radical (unpaired) electrons. The fourth-order valence-electron chi connectivity index (χ4n) is 2.50. The van der Waals surface area contributed by atoms with Gasteiger partial charge in [0.05, 0.1) is 25.7 Å². The largest absolute Gasteiger partial charge is 0.467 e. The number of Topliss-reactive ketones (excluding diaryl/α,β-unsaturated/α-hetero) is 1. The Labute approximate surface area is 125 Å². The first-order valence-electron chi connectivity index (χ1n) is 7.07. The molecule has 0 aromatic carbocycles. The van der Waals surface area contributed by atoms with Gasteiger partial charge in [-0.3, -0.25) is 9.69 Å². The summed E-state index contributed by atoms with van der Waals surface area (Å²) in [4.78, 5) is 37.6. The van der Waals surface area contributed by atoms with Gasteiger partial charge >= 0.3 is 12.1 Å². The van der Waals surface area contributed by atoms with E-state index in [1.54, 1.807) is 13.0 Å². The quantitative estimate of drug-likeness (QED) is 0.425. The first kappa shape index (κ1) is 17.2. The molecule has 0 aliphatic carbocycles. The SMILES string of the molecule is C=CCC1(C)C(=O)CN(C(=O)OCCCC)C1C(=O)OC. The Hall–Kier alpha value is -1.85. The maximum atomic E-state index is 12.3. The maximum Gasteiger partial charge on any atom is 0.410 e. The summed E-state index contributed by atoms with van der Waals surface area (Å²) in [5.41, 5.74) is -1.02. The predicted octanol–water partition coefficient (Wildman–Crippen LogP) is 1.93. The van der Waals surface area contributed by atoms with Gasteiger partial charge in [-0.15, -0.1) is 6.58 Å². The van der Waals surface area contributed by atoms with E-state index >= 15 is 0 Å². The molecular weight excluding hydrogens is 274 g/mol. The molecule has 2 unspecified atom stereocenters. The molecule has 6 heteroatoms. The summed E-state index contributed by atoms with van der Waals surface area (Å²) in [6.45, 7) is 7.37. The van der Waals surface area contributed by atoms with Crippen molar-refractivity contribution in [3.63, 3.8) is 0 Å². The van der Waals surface area contributed by atoms with Crippen molar-refractivity contribution in [2.45, 2.75) is 39.2 Å². The number of likely N-dealkylation sites (tertiary alicyclic amines) is 1. The fourth-order valence-corrected chi connectivity index (χ4v) is 2.50. The predicted molar refractivity (Wildman–Crippen MR) is 76.7 cm³/mol.